The normalized spacial score (nSPS) is 23.0. The molecule has 27 heavy (non-hydrogen) atoms. The first kappa shape index (κ1) is 20.6. The second kappa shape index (κ2) is 8.79. The minimum absolute atomic E-state index is 0.0844. The predicted octanol–water partition coefficient (Wildman–Crippen LogP) is 2.79. The topological polar surface area (TPSA) is 84.6 Å². The van der Waals surface area contributed by atoms with Gasteiger partial charge in [0, 0.05) is 30.6 Å². The molecule has 1 fully saturated rings. The fraction of sp³-hybridized carbons (Fsp3) is 0.500. The Balaban J connectivity index is 2.17. The lowest BCUT2D eigenvalue weighted by atomic mass is 9.96. The molecule has 0 aromatic heterocycles. The highest BCUT2D eigenvalue weighted by molar-refractivity contribution is 6.45. The number of likely N-dealkylation sites (N-methyl/N-ethyl adjacent to an activating group) is 1. The van der Waals surface area contributed by atoms with Crippen LogP contribution in [0.25, 0.3) is 0 Å². The quantitative estimate of drug-likeness (QED) is 0.562. The molecule has 2 atom stereocenters. The van der Waals surface area contributed by atoms with E-state index in [9.17, 15) is 4.79 Å². The summed E-state index contributed by atoms with van der Waals surface area (Å²) in [6.07, 6.45) is 1.11. The fourth-order valence-electron chi connectivity index (χ4n) is 3.28. The number of hydrogen-bond acceptors (Lipinski definition) is 6. The van der Waals surface area contributed by atoms with Crippen molar-refractivity contribution >= 4 is 23.0 Å². The molecular weight excluding hydrogens is 344 g/mol. The zero-order valence-electron chi connectivity index (χ0n) is 16.9. The van der Waals surface area contributed by atoms with E-state index in [1.807, 2.05) is 25.1 Å². The standard InChI is InChI=1S/C20H28N4O3/c1-13-11-20(13,3)18(21-4)14(2)23-27-12-15-9-7-8-10-16(15)17(24-26-6)19(25)22-5/h7-10,13H,11-12H2,1-6H3,(H,22,25)/b21-18?,23-14+,24-17+. The molecule has 2 rings (SSSR count). The second-order valence-electron chi connectivity index (χ2n) is 6.90. The number of nitrogens with one attached hydrogen (secondary N) is 1. The summed E-state index contributed by atoms with van der Waals surface area (Å²) in [7, 11) is 4.74. The first-order valence-electron chi connectivity index (χ1n) is 8.94. The summed E-state index contributed by atoms with van der Waals surface area (Å²) in [5.41, 5.74) is 3.46. The monoisotopic (exact) mass is 372 g/mol. The third-order valence-corrected chi connectivity index (χ3v) is 5.08. The maximum Gasteiger partial charge on any atom is 0.273 e. The number of carbonyl (C=O) groups excluding carboxylic acids is 1. The van der Waals surface area contributed by atoms with Crippen LogP contribution in [0.4, 0.5) is 0 Å². The lowest BCUT2D eigenvalue weighted by Gasteiger charge is -2.14. The Labute approximate surface area is 160 Å². The van der Waals surface area contributed by atoms with Crippen LogP contribution in [0.1, 0.15) is 38.3 Å². The van der Waals surface area contributed by atoms with E-state index in [1.54, 1.807) is 20.2 Å². The summed E-state index contributed by atoms with van der Waals surface area (Å²) in [5.74, 6) is 0.266. The average Bonchev–Trinajstić information content (AvgIpc) is 3.27. The van der Waals surface area contributed by atoms with Gasteiger partial charge in [0.25, 0.3) is 5.91 Å². The van der Waals surface area contributed by atoms with Crippen LogP contribution >= 0.6 is 0 Å². The number of carbonyl (C=O) groups is 1. The van der Waals surface area contributed by atoms with Crippen molar-refractivity contribution in [2.75, 3.05) is 21.2 Å². The molecule has 1 aliphatic rings. The maximum atomic E-state index is 12.1. The Bertz CT molecular complexity index is 785. The van der Waals surface area contributed by atoms with Crippen LogP contribution in [-0.4, -0.2) is 44.2 Å². The average molecular weight is 372 g/mol. The van der Waals surface area contributed by atoms with E-state index >= 15 is 0 Å². The van der Waals surface area contributed by atoms with Crippen molar-refractivity contribution in [2.24, 2.45) is 26.6 Å². The van der Waals surface area contributed by atoms with Gasteiger partial charge in [0.05, 0.1) is 11.4 Å². The van der Waals surface area contributed by atoms with Gasteiger partial charge in [-0.25, -0.2) is 0 Å². The van der Waals surface area contributed by atoms with Crippen LogP contribution < -0.4 is 5.32 Å². The Morgan fingerprint density at radius 1 is 1.33 bits per heavy atom. The van der Waals surface area contributed by atoms with Crippen molar-refractivity contribution in [3.8, 4) is 0 Å². The molecular formula is C20H28N4O3. The van der Waals surface area contributed by atoms with Crippen LogP contribution in [0.5, 0.6) is 0 Å². The van der Waals surface area contributed by atoms with Crippen LogP contribution in [0.15, 0.2) is 39.6 Å². The molecule has 2 unspecified atom stereocenters. The highest BCUT2D eigenvalue weighted by Crippen LogP contribution is 2.53. The Morgan fingerprint density at radius 2 is 2.00 bits per heavy atom. The zero-order chi connectivity index (χ0) is 20.0. The highest BCUT2D eigenvalue weighted by Gasteiger charge is 2.51. The molecule has 1 aliphatic carbocycles. The highest BCUT2D eigenvalue weighted by atomic mass is 16.6. The molecule has 0 heterocycles. The Kier molecular flexibility index (Phi) is 6.71. The molecule has 0 radical (unpaired) electrons. The SMILES string of the molecule is CN=C(/C(C)=N/OCc1ccccc1/C(=N\OC)C(=O)NC)C1(C)CC1C. The third kappa shape index (κ3) is 4.53. The van der Waals surface area contributed by atoms with Crippen molar-refractivity contribution in [2.45, 2.75) is 33.8 Å². The number of amides is 1. The van der Waals surface area contributed by atoms with Gasteiger partial charge < -0.3 is 15.0 Å². The smallest absolute Gasteiger partial charge is 0.273 e. The van der Waals surface area contributed by atoms with Gasteiger partial charge in [-0.05, 0) is 19.3 Å². The fourth-order valence-corrected chi connectivity index (χ4v) is 3.28. The zero-order valence-corrected chi connectivity index (χ0v) is 16.9. The van der Waals surface area contributed by atoms with Gasteiger partial charge in [-0.15, -0.1) is 0 Å². The molecule has 1 aromatic rings. The molecule has 1 amide bonds. The molecule has 146 valence electrons. The van der Waals surface area contributed by atoms with E-state index in [0.717, 1.165) is 23.4 Å². The summed E-state index contributed by atoms with van der Waals surface area (Å²) in [4.78, 5) is 26.9. The van der Waals surface area contributed by atoms with E-state index in [-0.39, 0.29) is 23.6 Å². The number of oxime groups is 2. The lowest BCUT2D eigenvalue weighted by Crippen LogP contribution is -2.29. The van der Waals surface area contributed by atoms with E-state index < -0.39 is 0 Å². The van der Waals surface area contributed by atoms with Crippen molar-refractivity contribution in [3.05, 3.63) is 35.4 Å². The molecule has 0 saturated heterocycles. The van der Waals surface area contributed by atoms with Crippen LogP contribution in [0.3, 0.4) is 0 Å². The predicted molar refractivity (Wildman–Crippen MR) is 107 cm³/mol. The van der Waals surface area contributed by atoms with Gasteiger partial charge in [-0.1, -0.05) is 48.4 Å². The van der Waals surface area contributed by atoms with E-state index in [1.165, 1.54) is 7.11 Å². The van der Waals surface area contributed by atoms with Crippen molar-refractivity contribution < 1.29 is 14.5 Å². The van der Waals surface area contributed by atoms with Crippen molar-refractivity contribution in [1.82, 2.24) is 5.32 Å². The third-order valence-electron chi connectivity index (χ3n) is 5.08. The van der Waals surface area contributed by atoms with E-state index in [0.29, 0.717) is 11.5 Å². The second-order valence-corrected chi connectivity index (χ2v) is 6.90. The van der Waals surface area contributed by atoms with Crippen LogP contribution in [-0.2, 0) is 21.1 Å². The molecule has 0 bridgehead atoms. The van der Waals surface area contributed by atoms with Crippen molar-refractivity contribution in [1.29, 1.82) is 0 Å². The Morgan fingerprint density at radius 3 is 2.56 bits per heavy atom. The largest absolute Gasteiger partial charge is 0.398 e. The number of benzene rings is 1. The number of hydrogen-bond donors (Lipinski definition) is 1. The molecule has 7 heteroatoms. The summed E-state index contributed by atoms with van der Waals surface area (Å²) < 4.78 is 0. The van der Waals surface area contributed by atoms with Gasteiger partial charge in [0.2, 0.25) is 0 Å². The van der Waals surface area contributed by atoms with E-state index in [2.05, 4.69) is 34.5 Å². The first-order chi connectivity index (χ1) is 12.9. The first-order valence-corrected chi connectivity index (χ1v) is 8.94. The van der Waals surface area contributed by atoms with Gasteiger partial charge in [0.1, 0.15) is 13.7 Å². The summed E-state index contributed by atoms with van der Waals surface area (Å²) in [5, 5.41) is 10.7. The van der Waals surface area contributed by atoms with Gasteiger partial charge >= 0.3 is 0 Å². The van der Waals surface area contributed by atoms with Gasteiger partial charge in [-0.2, -0.15) is 0 Å². The minimum Gasteiger partial charge on any atom is -0.398 e. The summed E-state index contributed by atoms with van der Waals surface area (Å²) in [6.45, 7) is 6.53. The summed E-state index contributed by atoms with van der Waals surface area (Å²) in [6, 6.07) is 7.37. The Hall–Kier alpha value is -2.70. The van der Waals surface area contributed by atoms with E-state index in [4.69, 9.17) is 9.68 Å². The molecule has 7 nitrogen and oxygen atoms in total. The molecule has 1 aromatic carbocycles. The lowest BCUT2D eigenvalue weighted by molar-refractivity contribution is -0.114. The molecule has 0 aliphatic heterocycles. The van der Waals surface area contributed by atoms with Crippen LogP contribution in [0.2, 0.25) is 0 Å². The maximum absolute atomic E-state index is 12.1. The van der Waals surface area contributed by atoms with Gasteiger partial charge in [-0.3, -0.25) is 9.79 Å². The molecule has 1 saturated carbocycles. The van der Waals surface area contributed by atoms with Crippen LogP contribution in [0, 0.1) is 11.3 Å². The number of nitrogens with zero attached hydrogens (tertiary/aromatic N) is 3. The number of rotatable bonds is 8. The number of aliphatic imine (C=N–C) groups is 1. The minimum atomic E-state index is -0.333. The van der Waals surface area contributed by atoms with Gasteiger partial charge in [0.15, 0.2) is 5.71 Å². The molecule has 0 spiro atoms. The molecule has 1 N–H and O–H groups in total. The summed E-state index contributed by atoms with van der Waals surface area (Å²) >= 11 is 0. The van der Waals surface area contributed by atoms with Crippen molar-refractivity contribution in [3.63, 3.8) is 0 Å².